The van der Waals surface area contributed by atoms with Gasteiger partial charge in [0, 0.05) is 10.7 Å². The van der Waals surface area contributed by atoms with Crippen LogP contribution in [0.25, 0.3) is 0 Å². The third-order valence-electron chi connectivity index (χ3n) is 2.28. The predicted molar refractivity (Wildman–Crippen MR) is 67.9 cm³/mol. The van der Waals surface area contributed by atoms with E-state index in [0.717, 1.165) is 10.0 Å². The van der Waals surface area contributed by atoms with Crippen molar-refractivity contribution in [2.45, 2.75) is 6.92 Å². The van der Waals surface area contributed by atoms with E-state index in [9.17, 15) is 0 Å². The zero-order valence-electron chi connectivity index (χ0n) is 9.14. The topological polar surface area (TPSA) is 45.9 Å². The first-order chi connectivity index (χ1) is 8.20. The van der Waals surface area contributed by atoms with Gasteiger partial charge in [-0.1, -0.05) is 22.0 Å². The lowest BCUT2D eigenvalue weighted by Crippen LogP contribution is -1.91. The van der Waals surface area contributed by atoms with E-state index >= 15 is 0 Å². The van der Waals surface area contributed by atoms with Gasteiger partial charge < -0.3 is 4.74 Å². The van der Waals surface area contributed by atoms with Crippen LogP contribution < -0.4 is 4.74 Å². The Balaban J connectivity index is 2.38. The normalized spacial score (nSPS) is 9.71. The van der Waals surface area contributed by atoms with Crippen LogP contribution in [0.2, 0.25) is 0 Å². The SMILES string of the molecule is Cc1ccc(Br)cc1Oc1cnccc1C#N. The molecule has 84 valence electrons. The van der Waals surface area contributed by atoms with Crippen LogP contribution in [0.5, 0.6) is 11.5 Å². The summed E-state index contributed by atoms with van der Waals surface area (Å²) in [5.41, 5.74) is 1.47. The van der Waals surface area contributed by atoms with E-state index in [0.29, 0.717) is 17.1 Å². The van der Waals surface area contributed by atoms with Crippen molar-refractivity contribution in [2.75, 3.05) is 0 Å². The van der Waals surface area contributed by atoms with E-state index in [1.807, 2.05) is 25.1 Å². The highest BCUT2D eigenvalue weighted by Crippen LogP contribution is 2.29. The Hall–Kier alpha value is -1.86. The minimum absolute atomic E-state index is 0.469. The van der Waals surface area contributed by atoms with Crippen LogP contribution in [0.1, 0.15) is 11.1 Å². The summed E-state index contributed by atoms with van der Waals surface area (Å²) in [6.07, 6.45) is 3.11. The summed E-state index contributed by atoms with van der Waals surface area (Å²) < 4.78 is 6.63. The molecule has 0 amide bonds. The fourth-order valence-electron chi connectivity index (χ4n) is 1.36. The second-order valence-corrected chi connectivity index (χ2v) is 4.41. The largest absolute Gasteiger partial charge is 0.454 e. The molecule has 17 heavy (non-hydrogen) atoms. The van der Waals surface area contributed by atoms with Crippen molar-refractivity contribution < 1.29 is 4.74 Å². The van der Waals surface area contributed by atoms with Gasteiger partial charge in [-0.25, -0.2) is 0 Å². The van der Waals surface area contributed by atoms with E-state index in [4.69, 9.17) is 10.00 Å². The Morgan fingerprint density at radius 3 is 2.88 bits per heavy atom. The Labute approximate surface area is 108 Å². The maximum Gasteiger partial charge on any atom is 0.163 e. The van der Waals surface area contributed by atoms with Crippen LogP contribution >= 0.6 is 15.9 Å². The molecule has 0 bridgehead atoms. The fraction of sp³-hybridized carbons (Fsp3) is 0.0769. The number of hydrogen-bond donors (Lipinski definition) is 0. The number of ether oxygens (including phenoxy) is 1. The molecule has 0 aliphatic carbocycles. The molecular formula is C13H9BrN2O. The summed E-state index contributed by atoms with van der Waals surface area (Å²) >= 11 is 3.38. The van der Waals surface area contributed by atoms with Crippen LogP contribution in [0.3, 0.4) is 0 Å². The number of pyridine rings is 1. The van der Waals surface area contributed by atoms with Gasteiger partial charge in [-0.2, -0.15) is 5.26 Å². The monoisotopic (exact) mass is 288 g/mol. The molecule has 0 atom stereocenters. The van der Waals surface area contributed by atoms with Gasteiger partial charge >= 0.3 is 0 Å². The first kappa shape index (κ1) is 11.6. The number of hydrogen-bond acceptors (Lipinski definition) is 3. The molecule has 1 aromatic carbocycles. The predicted octanol–water partition coefficient (Wildman–Crippen LogP) is 3.82. The summed E-state index contributed by atoms with van der Waals surface area (Å²) in [5, 5.41) is 8.95. The van der Waals surface area contributed by atoms with E-state index in [1.165, 1.54) is 0 Å². The molecule has 0 radical (unpaired) electrons. The van der Waals surface area contributed by atoms with Crippen LogP contribution in [-0.4, -0.2) is 4.98 Å². The quantitative estimate of drug-likeness (QED) is 0.844. The Kier molecular flexibility index (Phi) is 3.40. The zero-order valence-corrected chi connectivity index (χ0v) is 10.7. The Morgan fingerprint density at radius 2 is 2.12 bits per heavy atom. The van der Waals surface area contributed by atoms with Crippen molar-refractivity contribution in [2.24, 2.45) is 0 Å². The summed E-state index contributed by atoms with van der Waals surface area (Å²) in [4.78, 5) is 3.95. The van der Waals surface area contributed by atoms with Crippen molar-refractivity contribution in [3.8, 4) is 17.6 Å². The lowest BCUT2D eigenvalue weighted by molar-refractivity contribution is 0.474. The second kappa shape index (κ2) is 4.98. The van der Waals surface area contributed by atoms with Gasteiger partial charge in [-0.15, -0.1) is 0 Å². The van der Waals surface area contributed by atoms with Gasteiger partial charge in [0.1, 0.15) is 11.8 Å². The number of nitrogens with zero attached hydrogens (tertiary/aromatic N) is 2. The lowest BCUT2D eigenvalue weighted by atomic mass is 10.2. The Morgan fingerprint density at radius 1 is 1.29 bits per heavy atom. The molecule has 0 N–H and O–H groups in total. The van der Waals surface area contributed by atoms with Gasteiger partial charge in [0.2, 0.25) is 0 Å². The number of aromatic nitrogens is 1. The molecule has 4 heteroatoms. The van der Waals surface area contributed by atoms with Crippen molar-refractivity contribution in [1.82, 2.24) is 4.98 Å². The molecule has 0 saturated carbocycles. The van der Waals surface area contributed by atoms with Gasteiger partial charge in [-0.3, -0.25) is 4.98 Å². The smallest absolute Gasteiger partial charge is 0.163 e. The van der Waals surface area contributed by atoms with Gasteiger partial charge in [0.05, 0.1) is 11.8 Å². The third kappa shape index (κ3) is 2.63. The average molecular weight is 289 g/mol. The number of halogens is 1. The minimum Gasteiger partial charge on any atom is -0.454 e. The number of benzene rings is 1. The van der Waals surface area contributed by atoms with Gasteiger partial charge in [-0.05, 0) is 30.7 Å². The first-order valence-electron chi connectivity index (χ1n) is 4.99. The van der Waals surface area contributed by atoms with Gasteiger partial charge in [0.25, 0.3) is 0 Å². The van der Waals surface area contributed by atoms with Crippen molar-refractivity contribution in [1.29, 1.82) is 5.26 Å². The molecule has 2 aromatic rings. The molecule has 0 spiro atoms. The molecule has 0 unspecified atom stereocenters. The summed E-state index contributed by atoms with van der Waals surface area (Å²) in [6.45, 7) is 1.95. The van der Waals surface area contributed by atoms with Crippen molar-refractivity contribution >= 4 is 15.9 Å². The highest BCUT2D eigenvalue weighted by Gasteiger charge is 2.06. The van der Waals surface area contributed by atoms with E-state index in [-0.39, 0.29) is 0 Å². The van der Waals surface area contributed by atoms with E-state index in [1.54, 1.807) is 18.5 Å². The number of nitriles is 1. The Bertz CT molecular complexity index is 590. The molecule has 0 aliphatic rings. The molecule has 1 aromatic heterocycles. The standard InChI is InChI=1S/C13H9BrN2O/c1-9-2-3-11(14)6-12(9)17-13-8-16-5-4-10(13)7-15/h2-6,8H,1H3. The lowest BCUT2D eigenvalue weighted by Gasteiger charge is -2.09. The molecular weight excluding hydrogens is 280 g/mol. The average Bonchev–Trinajstić information content (AvgIpc) is 2.34. The first-order valence-corrected chi connectivity index (χ1v) is 5.78. The van der Waals surface area contributed by atoms with E-state index < -0.39 is 0 Å². The molecule has 0 saturated heterocycles. The molecule has 2 rings (SSSR count). The van der Waals surface area contributed by atoms with Crippen molar-refractivity contribution in [3.05, 3.63) is 52.3 Å². The van der Waals surface area contributed by atoms with Gasteiger partial charge in [0.15, 0.2) is 5.75 Å². The second-order valence-electron chi connectivity index (χ2n) is 3.50. The van der Waals surface area contributed by atoms with Crippen LogP contribution in [0.4, 0.5) is 0 Å². The van der Waals surface area contributed by atoms with Crippen LogP contribution in [0, 0.1) is 18.3 Å². The molecule has 1 heterocycles. The van der Waals surface area contributed by atoms with Crippen molar-refractivity contribution in [3.63, 3.8) is 0 Å². The van der Waals surface area contributed by atoms with Crippen LogP contribution in [-0.2, 0) is 0 Å². The maximum absolute atomic E-state index is 8.95. The van der Waals surface area contributed by atoms with Crippen LogP contribution in [0.15, 0.2) is 41.1 Å². The summed E-state index contributed by atoms with van der Waals surface area (Å²) in [7, 11) is 0. The fourth-order valence-corrected chi connectivity index (χ4v) is 1.70. The zero-order chi connectivity index (χ0) is 12.3. The summed E-state index contributed by atoms with van der Waals surface area (Å²) in [5.74, 6) is 1.18. The molecule has 3 nitrogen and oxygen atoms in total. The highest BCUT2D eigenvalue weighted by molar-refractivity contribution is 9.10. The maximum atomic E-state index is 8.95. The molecule has 0 fully saturated rings. The van der Waals surface area contributed by atoms with E-state index in [2.05, 4.69) is 27.0 Å². The summed E-state index contributed by atoms with van der Waals surface area (Å²) in [6, 6.07) is 9.45. The third-order valence-corrected chi connectivity index (χ3v) is 2.77. The number of aryl methyl sites for hydroxylation is 1. The number of rotatable bonds is 2. The molecule has 0 aliphatic heterocycles. The minimum atomic E-state index is 0.469. The highest BCUT2D eigenvalue weighted by atomic mass is 79.9.